The Morgan fingerprint density at radius 3 is 2.43 bits per heavy atom. The van der Waals surface area contributed by atoms with Gasteiger partial charge in [0.15, 0.2) is 0 Å². The second-order valence-electron chi connectivity index (χ2n) is 5.25. The van der Waals surface area contributed by atoms with Crippen molar-refractivity contribution in [1.29, 1.82) is 0 Å². The lowest BCUT2D eigenvalue weighted by Crippen LogP contribution is -2.52. The molecule has 1 atom stereocenters. The fraction of sp³-hybridized carbons (Fsp3) is 0.571. The van der Waals surface area contributed by atoms with Crippen LogP contribution in [0.25, 0.3) is 0 Å². The van der Waals surface area contributed by atoms with Gasteiger partial charge >= 0.3 is 0 Å². The molecule has 2 rings (SSSR count). The summed E-state index contributed by atoms with van der Waals surface area (Å²) in [7, 11) is -1.55. The molecular weight excluding hydrogens is 293 g/mol. The van der Waals surface area contributed by atoms with Crippen LogP contribution in [0.1, 0.15) is 6.92 Å². The van der Waals surface area contributed by atoms with E-state index < -0.39 is 15.3 Å². The van der Waals surface area contributed by atoms with Gasteiger partial charge in [0.25, 0.3) is 0 Å². The maximum Gasteiger partial charge on any atom is 0.218 e. The lowest BCUT2D eigenvalue weighted by molar-refractivity contribution is 0.377. The van der Waals surface area contributed by atoms with Crippen LogP contribution in [-0.4, -0.2) is 57.7 Å². The summed E-state index contributed by atoms with van der Waals surface area (Å²) in [6.45, 7) is 3.93. The highest BCUT2D eigenvalue weighted by Crippen LogP contribution is 2.21. The molecule has 118 valence electrons. The molecule has 0 aromatic heterocycles. The zero-order chi connectivity index (χ0) is 15.5. The van der Waals surface area contributed by atoms with E-state index in [9.17, 15) is 12.8 Å². The summed E-state index contributed by atoms with van der Waals surface area (Å²) in [5, 5.41) is 2.43. The summed E-state index contributed by atoms with van der Waals surface area (Å²) < 4.78 is 40.0. The van der Waals surface area contributed by atoms with E-state index in [1.165, 1.54) is 10.4 Å². The first-order valence-electron chi connectivity index (χ1n) is 7.10. The second kappa shape index (κ2) is 6.72. The van der Waals surface area contributed by atoms with Gasteiger partial charge < -0.3 is 10.2 Å². The highest BCUT2D eigenvalue weighted by atomic mass is 32.2. The zero-order valence-electron chi connectivity index (χ0n) is 12.4. The van der Waals surface area contributed by atoms with Crippen molar-refractivity contribution in [2.24, 2.45) is 0 Å². The first-order valence-corrected chi connectivity index (χ1v) is 8.60. The quantitative estimate of drug-likeness (QED) is 0.877. The van der Waals surface area contributed by atoms with Crippen LogP contribution < -0.4 is 10.2 Å². The maximum atomic E-state index is 13.8. The molecule has 0 spiro atoms. The third-order valence-corrected chi connectivity index (χ3v) is 6.06. The average molecular weight is 315 g/mol. The predicted octanol–water partition coefficient (Wildman–Crippen LogP) is 0.885. The third-order valence-electron chi connectivity index (χ3n) is 3.79. The van der Waals surface area contributed by atoms with Crippen molar-refractivity contribution >= 4 is 15.7 Å². The Morgan fingerprint density at radius 2 is 1.86 bits per heavy atom. The molecule has 1 unspecified atom stereocenters. The van der Waals surface area contributed by atoms with E-state index in [2.05, 4.69) is 5.32 Å². The highest BCUT2D eigenvalue weighted by molar-refractivity contribution is 7.89. The Labute approximate surface area is 125 Å². The van der Waals surface area contributed by atoms with Crippen LogP contribution in [0, 0.1) is 5.82 Å². The topological polar surface area (TPSA) is 52.7 Å². The molecule has 0 amide bonds. The lowest BCUT2D eigenvalue weighted by atomic mass is 10.2. The first kappa shape index (κ1) is 16.2. The summed E-state index contributed by atoms with van der Waals surface area (Å²) in [5.41, 5.74) is 0.540. The van der Waals surface area contributed by atoms with E-state index in [-0.39, 0.29) is 5.82 Å². The Morgan fingerprint density at radius 1 is 1.24 bits per heavy atom. The summed E-state index contributed by atoms with van der Waals surface area (Å²) in [4.78, 5) is 1.89. The highest BCUT2D eigenvalue weighted by Gasteiger charge is 2.31. The molecule has 1 saturated heterocycles. The molecule has 0 saturated carbocycles. The molecule has 21 heavy (non-hydrogen) atoms. The number of para-hydroxylation sites is 1. The maximum absolute atomic E-state index is 13.8. The fourth-order valence-electron chi connectivity index (χ4n) is 2.54. The molecule has 1 heterocycles. The van der Waals surface area contributed by atoms with Gasteiger partial charge in [0.05, 0.1) is 10.9 Å². The van der Waals surface area contributed by atoms with Crippen LogP contribution in [0.3, 0.4) is 0 Å². The predicted molar refractivity (Wildman–Crippen MR) is 82.5 cm³/mol. The number of nitrogens with one attached hydrogen (secondary N) is 1. The number of hydrogen-bond donors (Lipinski definition) is 1. The molecule has 1 fully saturated rings. The average Bonchev–Trinajstić information content (AvgIpc) is 2.48. The number of hydrogen-bond acceptors (Lipinski definition) is 4. The number of nitrogens with zero attached hydrogens (tertiary/aromatic N) is 2. The van der Waals surface area contributed by atoms with Gasteiger partial charge in [0, 0.05) is 32.7 Å². The Balaban J connectivity index is 2.02. The van der Waals surface area contributed by atoms with Gasteiger partial charge in [-0.15, -0.1) is 0 Å². The molecule has 5 nitrogen and oxygen atoms in total. The minimum atomic E-state index is -3.29. The monoisotopic (exact) mass is 315 g/mol. The molecule has 1 aliphatic heterocycles. The van der Waals surface area contributed by atoms with Crippen LogP contribution in [0.4, 0.5) is 10.1 Å². The number of anilines is 1. The molecule has 1 aliphatic rings. The molecule has 1 aromatic carbocycles. The molecule has 0 radical (unpaired) electrons. The molecule has 1 N–H and O–H groups in total. The largest absolute Gasteiger partial charge is 0.367 e. The van der Waals surface area contributed by atoms with E-state index in [0.29, 0.717) is 38.4 Å². The van der Waals surface area contributed by atoms with E-state index in [0.717, 1.165) is 0 Å². The van der Waals surface area contributed by atoms with Gasteiger partial charge in [-0.05, 0) is 26.1 Å². The summed E-state index contributed by atoms with van der Waals surface area (Å²) in [6, 6.07) is 6.59. The van der Waals surface area contributed by atoms with Crippen molar-refractivity contribution in [3.05, 3.63) is 30.1 Å². The van der Waals surface area contributed by atoms with Crippen molar-refractivity contribution in [3.63, 3.8) is 0 Å². The van der Waals surface area contributed by atoms with Gasteiger partial charge in [-0.1, -0.05) is 12.1 Å². The number of halogens is 1. The van der Waals surface area contributed by atoms with Gasteiger partial charge in [-0.2, -0.15) is 4.31 Å². The Hall–Kier alpha value is -1.18. The zero-order valence-corrected chi connectivity index (χ0v) is 13.2. The first-order chi connectivity index (χ1) is 9.96. The van der Waals surface area contributed by atoms with Crippen molar-refractivity contribution in [2.45, 2.75) is 12.2 Å². The molecular formula is C14H22FN3O2S. The lowest BCUT2D eigenvalue weighted by Gasteiger charge is -2.36. The minimum absolute atomic E-state index is 0.266. The van der Waals surface area contributed by atoms with Gasteiger partial charge in [0.2, 0.25) is 10.0 Å². The molecule has 1 aromatic rings. The standard InChI is InChI=1S/C14H22FN3O2S/c1-12(11-16-2)21(19,20)18-9-7-17(8-10-18)14-6-4-3-5-13(14)15/h3-6,12,16H,7-11H2,1-2H3. The van der Waals surface area contributed by atoms with Crippen LogP contribution in [0.5, 0.6) is 0 Å². The van der Waals surface area contributed by atoms with Gasteiger partial charge in [-0.25, -0.2) is 12.8 Å². The minimum Gasteiger partial charge on any atom is -0.367 e. The van der Waals surface area contributed by atoms with Crippen LogP contribution in [0.2, 0.25) is 0 Å². The number of piperazine rings is 1. The molecule has 7 heteroatoms. The van der Waals surface area contributed by atoms with Crippen molar-refractivity contribution in [2.75, 3.05) is 44.7 Å². The molecule has 0 bridgehead atoms. The van der Waals surface area contributed by atoms with Crippen molar-refractivity contribution in [1.82, 2.24) is 9.62 Å². The van der Waals surface area contributed by atoms with E-state index in [1.54, 1.807) is 32.2 Å². The number of sulfonamides is 1. The van der Waals surface area contributed by atoms with E-state index in [1.807, 2.05) is 4.90 Å². The SMILES string of the molecule is CNCC(C)S(=O)(=O)N1CCN(c2ccccc2F)CC1. The second-order valence-corrected chi connectivity index (χ2v) is 7.60. The summed E-state index contributed by atoms with van der Waals surface area (Å²) in [5.74, 6) is -0.266. The van der Waals surface area contributed by atoms with Crippen molar-refractivity contribution < 1.29 is 12.8 Å². The number of rotatable bonds is 5. The molecule has 0 aliphatic carbocycles. The normalized spacial score (nSPS) is 18.7. The smallest absolute Gasteiger partial charge is 0.218 e. The van der Waals surface area contributed by atoms with Gasteiger partial charge in [-0.3, -0.25) is 0 Å². The summed E-state index contributed by atoms with van der Waals surface area (Å²) >= 11 is 0. The van der Waals surface area contributed by atoms with E-state index >= 15 is 0 Å². The Kier molecular flexibility index (Phi) is 5.18. The Bertz CT molecular complexity index is 571. The van der Waals surface area contributed by atoms with Crippen LogP contribution in [-0.2, 0) is 10.0 Å². The fourth-order valence-corrected chi connectivity index (χ4v) is 4.10. The number of benzene rings is 1. The van der Waals surface area contributed by atoms with Crippen LogP contribution >= 0.6 is 0 Å². The summed E-state index contributed by atoms with van der Waals surface area (Å²) in [6.07, 6.45) is 0. The van der Waals surface area contributed by atoms with Crippen LogP contribution in [0.15, 0.2) is 24.3 Å². The van der Waals surface area contributed by atoms with Crippen molar-refractivity contribution in [3.8, 4) is 0 Å². The van der Waals surface area contributed by atoms with E-state index in [4.69, 9.17) is 0 Å². The third kappa shape index (κ3) is 3.53. The van der Waals surface area contributed by atoms with Gasteiger partial charge in [0.1, 0.15) is 5.82 Å².